The molecule has 0 amide bonds. The summed E-state index contributed by atoms with van der Waals surface area (Å²) in [5, 5.41) is 5.42. The molecule has 0 spiro atoms. The Kier molecular flexibility index (Phi) is 9.22. The molecule has 0 aliphatic carbocycles. The van der Waals surface area contributed by atoms with Gasteiger partial charge in [-0.3, -0.25) is 0 Å². The van der Waals surface area contributed by atoms with Gasteiger partial charge in [-0.1, -0.05) is 216 Å². The van der Waals surface area contributed by atoms with E-state index in [4.69, 9.17) is 0 Å². The van der Waals surface area contributed by atoms with Crippen molar-refractivity contribution in [1.29, 1.82) is 0 Å². The van der Waals surface area contributed by atoms with Crippen LogP contribution >= 0.6 is 0 Å². The highest BCUT2D eigenvalue weighted by atomic mass is 28.3. The summed E-state index contributed by atoms with van der Waals surface area (Å²) < 4.78 is 0. The van der Waals surface area contributed by atoms with E-state index < -0.39 is 8.07 Å². The minimum atomic E-state index is -2.94. The Morgan fingerprint density at radius 2 is 0.619 bits per heavy atom. The van der Waals surface area contributed by atoms with Crippen molar-refractivity contribution >= 4 is 62.9 Å². The molecule has 0 fully saturated rings. The van der Waals surface area contributed by atoms with Gasteiger partial charge in [0.15, 0.2) is 8.07 Å². The Labute approximate surface area is 373 Å². The molecule has 0 bridgehead atoms. The van der Waals surface area contributed by atoms with Crippen LogP contribution in [0.25, 0.3) is 11.1 Å². The number of hydrogen-bond acceptors (Lipinski definition) is 2. The summed E-state index contributed by atoms with van der Waals surface area (Å²) in [4.78, 5) is 5.04. The predicted molar refractivity (Wildman–Crippen MR) is 269 cm³/mol. The second kappa shape index (κ2) is 15.0. The molecule has 2 nitrogen and oxygen atoms in total. The molecule has 3 heteroatoms. The number of hydrogen-bond donors (Lipinski definition) is 0. The smallest absolute Gasteiger partial charge is 0.180 e. The number of para-hydroxylation sites is 4. The van der Waals surface area contributed by atoms with Crippen LogP contribution in [0.4, 0.5) is 34.1 Å². The molecule has 2 aliphatic heterocycles. The molecule has 63 heavy (non-hydrogen) atoms. The van der Waals surface area contributed by atoms with E-state index in [-0.39, 0.29) is 10.8 Å². The predicted octanol–water partition coefficient (Wildman–Crippen LogP) is 12.9. The van der Waals surface area contributed by atoms with Crippen LogP contribution in [0.1, 0.15) is 49.9 Å². The lowest BCUT2D eigenvalue weighted by Crippen LogP contribution is -2.75. The largest absolute Gasteiger partial charge is 0.310 e. The highest BCUT2D eigenvalue weighted by Gasteiger charge is 2.44. The summed E-state index contributed by atoms with van der Waals surface area (Å²) in [5.41, 5.74) is 14.4. The number of rotatable bonds is 7. The normalized spacial score (nSPS) is 14.5. The van der Waals surface area contributed by atoms with Crippen LogP contribution in [0.3, 0.4) is 0 Å². The first-order valence-corrected chi connectivity index (χ1v) is 24.2. The summed E-state index contributed by atoms with van der Waals surface area (Å²) in [7, 11) is -2.94. The van der Waals surface area contributed by atoms with Crippen LogP contribution in [-0.2, 0) is 10.8 Å². The van der Waals surface area contributed by atoms with E-state index in [0.717, 1.165) is 11.4 Å². The standard InChI is InChI=1S/C60H50N2Si/c1-59(2)50-31-15-19-35-54(50)61(55-36-20-16-32-51(55)59)44-40-43(41-45(42-44)62-56-37-21-17-33-52(56)60(3,4)53-34-18-22-38-57(53)62)49-30-14-23-39-58(49)63(46-24-8-5-9-25-46,47-26-10-6-11-27-47)48-28-12-7-13-29-48/h5-42H,1-4H3. The SMILES string of the molecule is CC1(C)c2ccccc2N(c2cc(-c3ccccc3[Si](c3ccccc3)(c3ccccc3)c3ccccc3)cc(N3c4ccccc4C(C)(C)c4ccccc43)c2)c2ccccc21. The average Bonchev–Trinajstić information content (AvgIpc) is 3.33. The topological polar surface area (TPSA) is 6.48 Å². The Bertz CT molecular complexity index is 2810. The van der Waals surface area contributed by atoms with Gasteiger partial charge in [0.1, 0.15) is 0 Å². The second-order valence-corrected chi connectivity index (χ2v) is 21.9. The van der Waals surface area contributed by atoms with Crippen molar-refractivity contribution in [1.82, 2.24) is 0 Å². The van der Waals surface area contributed by atoms with Crippen molar-refractivity contribution in [2.45, 2.75) is 38.5 Å². The number of benzene rings is 9. The molecule has 9 aromatic rings. The van der Waals surface area contributed by atoms with E-state index in [1.807, 2.05) is 0 Å². The van der Waals surface area contributed by atoms with Gasteiger partial charge in [-0.15, -0.1) is 0 Å². The van der Waals surface area contributed by atoms with Gasteiger partial charge in [0.05, 0.1) is 22.7 Å². The second-order valence-electron chi connectivity index (χ2n) is 18.1. The highest BCUT2D eigenvalue weighted by Crippen LogP contribution is 2.55. The fourth-order valence-electron chi connectivity index (χ4n) is 11.0. The van der Waals surface area contributed by atoms with E-state index >= 15 is 0 Å². The zero-order valence-electron chi connectivity index (χ0n) is 36.3. The van der Waals surface area contributed by atoms with E-state index in [1.165, 1.54) is 76.9 Å². The maximum absolute atomic E-state index is 2.94. The summed E-state index contributed by atoms with van der Waals surface area (Å²) >= 11 is 0. The monoisotopic (exact) mass is 826 g/mol. The lowest BCUT2D eigenvalue weighted by atomic mass is 9.73. The van der Waals surface area contributed by atoms with Gasteiger partial charge >= 0.3 is 0 Å². The van der Waals surface area contributed by atoms with Crippen molar-refractivity contribution in [3.8, 4) is 11.1 Å². The van der Waals surface area contributed by atoms with Gasteiger partial charge < -0.3 is 9.80 Å². The first kappa shape index (κ1) is 38.7. The number of anilines is 6. The maximum Gasteiger partial charge on any atom is 0.180 e. The van der Waals surface area contributed by atoms with Crippen LogP contribution < -0.4 is 30.5 Å². The molecule has 11 rings (SSSR count). The van der Waals surface area contributed by atoms with Gasteiger partial charge in [0.25, 0.3) is 0 Å². The molecule has 0 saturated heterocycles. The lowest BCUT2D eigenvalue weighted by Gasteiger charge is -2.44. The molecule has 0 saturated carbocycles. The van der Waals surface area contributed by atoms with Crippen LogP contribution in [0.5, 0.6) is 0 Å². The van der Waals surface area contributed by atoms with Crippen molar-refractivity contribution in [3.05, 3.63) is 253 Å². The molecule has 9 aromatic carbocycles. The van der Waals surface area contributed by atoms with Gasteiger partial charge in [0, 0.05) is 22.2 Å². The average molecular weight is 827 g/mol. The molecule has 0 radical (unpaired) electrons. The zero-order chi connectivity index (χ0) is 42.8. The van der Waals surface area contributed by atoms with Crippen LogP contribution in [-0.4, -0.2) is 8.07 Å². The molecular weight excluding hydrogens is 777 g/mol. The van der Waals surface area contributed by atoms with Gasteiger partial charge in [0.2, 0.25) is 0 Å². The van der Waals surface area contributed by atoms with E-state index in [2.05, 4.69) is 268 Å². The fourth-order valence-corrected chi connectivity index (χ4v) is 16.0. The molecule has 2 heterocycles. The third kappa shape index (κ3) is 5.98. The molecular formula is C60H50N2Si. The third-order valence-corrected chi connectivity index (χ3v) is 18.8. The van der Waals surface area contributed by atoms with E-state index in [9.17, 15) is 0 Å². The van der Waals surface area contributed by atoms with Gasteiger partial charge in [-0.05, 0) is 96.6 Å². The minimum absolute atomic E-state index is 0.181. The van der Waals surface area contributed by atoms with Crippen LogP contribution in [0, 0.1) is 0 Å². The Hall–Kier alpha value is -7.20. The Morgan fingerprint density at radius 3 is 0.984 bits per heavy atom. The van der Waals surface area contributed by atoms with E-state index in [1.54, 1.807) is 0 Å². The van der Waals surface area contributed by atoms with Crippen molar-refractivity contribution in [2.75, 3.05) is 9.80 Å². The van der Waals surface area contributed by atoms with Crippen LogP contribution in [0.15, 0.2) is 231 Å². The van der Waals surface area contributed by atoms with Crippen molar-refractivity contribution < 1.29 is 0 Å². The minimum Gasteiger partial charge on any atom is -0.310 e. The molecule has 0 atom stereocenters. The summed E-state index contributed by atoms with van der Waals surface area (Å²) in [6.45, 7) is 9.46. The molecule has 0 aromatic heterocycles. The zero-order valence-corrected chi connectivity index (χ0v) is 37.3. The quantitative estimate of drug-likeness (QED) is 0.117. The highest BCUT2D eigenvalue weighted by molar-refractivity contribution is 7.20. The van der Waals surface area contributed by atoms with E-state index in [0.29, 0.717) is 0 Å². The Balaban J connectivity index is 1.25. The maximum atomic E-state index is 2.52. The lowest BCUT2D eigenvalue weighted by molar-refractivity contribution is 0.631. The summed E-state index contributed by atoms with van der Waals surface area (Å²) in [6, 6.07) is 86.5. The third-order valence-electron chi connectivity index (χ3n) is 14.0. The molecule has 0 unspecified atom stereocenters. The van der Waals surface area contributed by atoms with Crippen LogP contribution in [0.2, 0.25) is 0 Å². The van der Waals surface area contributed by atoms with Crippen molar-refractivity contribution in [3.63, 3.8) is 0 Å². The molecule has 0 N–H and O–H groups in total. The molecule has 304 valence electrons. The van der Waals surface area contributed by atoms with Gasteiger partial charge in [-0.25, -0.2) is 0 Å². The fraction of sp³-hybridized carbons (Fsp3) is 0.100. The Morgan fingerprint density at radius 1 is 0.317 bits per heavy atom. The summed E-state index contributed by atoms with van der Waals surface area (Å²) in [5.74, 6) is 0. The number of fused-ring (bicyclic) bond motifs is 4. The van der Waals surface area contributed by atoms with Crippen molar-refractivity contribution in [2.24, 2.45) is 0 Å². The first-order valence-electron chi connectivity index (χ1n) is 22.2. The number of nitrogens with zero attached hydrogens (tertiary/aromatic N) is 2. The summed E-state index contributed by atoms with van der Waals surface area (Å²) in [6.07, 6.45) is 0. The molecule has 2 aliphatic rings. The van der Waals surface area contributed by atoms with Gasteiger partial charge in [-0.2, -0.15) is 0 Å². The first-order chi connectivity index (χ1) is 30.8.